The van der Waals surface area contributed by atoms with Crippen LogP contribution in [0.1, 0.15) is 32.3 Å². The van der Waals surface area contributed by atoms with Crippen LogP contribution in [0.5, 0.6) is 0 Å². The highest BCUT2D eigenvalue weighted by Gasteiger charge is 2.34. The number of hydrogen-bond acceptors (Lipinski definition) is 8. The summed E-state index contributed by atoms with van der Waals surface area (Å²) in [6.45, 7) is 7.35. The maximum absolute atomic E-state index is 12.7. The Balaban J connectivity index is 1.28. The number of carbonyl (C=O) groups is 2. The first-order chi connectivity index (χ1) is 18.5. The van der Waals surface area contributed by atoms with Gasteiger partial charge in [-0.25, -0.2) is 9.59 Å². The molecule has 0 spiro atoms. The van der Waals surface area contributed by atoms with Crippen LogP contribution in [-0.4, -0.2) is 105 Å². The van der Waals surface area contributed by atoms with Crippen LogP contribution in [0.15, 0.2) is 41.3 Å². The average molecular weight is 541 g/mol. The zero-order chi connectivity index (χ0) is 28.2. The number of carbonyl (C=O) groups excluding carboxylic acids is 2. The molecule has 1 atom stereocenters. The molecule has 39 heavy (non-hydrogen) atoms. The fraction of sp³-hybridized carbons (Fsp3) is 0.556. The molecule has 212 valence electrons. The molecule has 0 saturated carbocycles. The van der Waals surface area contributed by atoms with Gasteiger partial charge in [0.05, 0.1) is 12.3 Å². The van der Waals surface area contributed by atoms with Gasteiger partial charge in [-0.3, -0.25) is 14.7 Å². The van der Waals surface area contributed by atoms with Gasteiger partial charge >= 0.3 is 11.7 Å². The first kappa shape index (κ1) is 28.7. The lowest BCUT2D eigenvalue weighted by Gasteiger charge is -2.37. The molecule has 2 aromatic rings. The largest absolute Gasteiger partial charge is 0.394 e. The minimum atomic E-state index is -1.35. The van der Waals surface area contributed by atoms with Crippen molar-refractivity contribution in [2.45, 2.75) is 44.2 Å². The van der Waals surface area contributed by atoms with Gasteiger partial charge in [-0.15, -0.1) is 0 Å². The number of aromatic nitrogens is 2. The highest BCUT2D eigenvalue weighted by atomic mass is 16.3. The first-order valence-corrected chi connectivity index (χ1v) is 13.4. The van der Waals surface area contributed by atoms with Gasteiger partial charge in [-0.05, 0) is 70.0 Å². The van der Waals surface area contributed by atoms with Crippen molar-refractivity contribution in [3.63, 3.8) is 0 Å². The van der Waals surface area contributed by atoms with Crippen molar-refractivity contribution < 1.29 is 14.7 Å². The summed E-state index contributed by atoms with van der Waals surface area (Å²) in [4.78, 5) is 47.4. The predicted molar refractivity (Wildman–Crippen MR) is 149 cm³/mol. The third-order valence-electron chi connectivity index (χ3n) is 7.64. The number of piperidine rings is 1. The molecule has 0 radical (unpaired) electrons. The number of aliphatic hydroxyl groups is 1. The van der Waals surface area contributed by atoms with Gasteiger partial charge in [0.1, 0.15) is 11.4 Å². The highest BCUT2D eigenvalue weighted by Crippen LogP contribution is 2.19. The van der Waals surface area contributed by atoms with E-state index in [0.717, 1.165) is 38.9 Å². The summed E-state index contributed by atoms with van der Waals surface area (Å²) in [5.41, 5.74) is 12.0. The van der Waals surface area contributed by atoms with E-state index in [9.17, 15) is 19.5 Å². The molecule has 12 nitrogen and oxygen atoms in total. The average Bonchev–Trinajstić information content (AvgIpc) is 2.92. The normalized spacial score (nSPS) is 19.4. The van der Waals surface area contributed by atoms with Crippen molar-refractivity contribution in [2.24, 2.45) is 11.5 Å². The molecule has 6 N–H and O–H groups in total. The molecule has 1 aromatic carbocycles. The summed E-state index contributed by atoms with van der Waals surface area (Å²) in [5.74, 6) is -0.202. The second-order valence-corrected chi connectivity index (χ2v) is 11.2. The SMILES string of the molecule is CC1(N)CCN(CCc2ccc(-n3ccc(NC(=O)N4CCN(C(=O)[C@@](C)(N)CO)CC4)nc3=O)cc2)CC1. The minimum absolute atomic E-state index is 0.0519. The van der Waals surface area contributed by atoms with Gasteiger partial charge in [-0.2, -0.15) is 4.98 Å². The fourth-order valence-electron chi connectivity index (χ4n) is 4.80. The minimum Gasteiger partial charge on any atom is -0.394 e. The Hall–Kier alpha value is -3.32. The smallest absolute Gasteiger partial charge is 0.354 e. The summed E-state index contributed by atoms with van der Waals surface area (Å²) >= 11 is 0. The van der Waals surface area contributed by atoms with Crippen molar-refractivity contribution in [2.75, 3.05) is 57.7 Å². The maximum Gasteiger partial charge on any atom is 0.354 e. The second kappa shape index (κ2) is 11.8. The summed E-state index contributed by atoms with van der Waals surface area (Å²) in [6.07, 6.45) is 4.53. The van der Waals surface area contributed by atoms with Crippen LogP contribution in [0, 0.1) is 0 Å². The summed E-state index contributed by atoms with van der Waals surface area (Å²) in [6, 6.07) is 9.01. The van der Waals surface area contributed by atoms with Crippen LogP contribution in [0.4, 0.5) is 10.6 Å². The summed E-state index contributed by atoms with van der Waals surface area (Å²) in [5, 5.41) is 12.0. The van der Waals surface area contributed by atoms with E-state index >= 15 is 0 Å². The Bertz CT molecular complexity index is 1210. The number of anilines is 1. The van der Waals surface area contributed by atoms with E-state index in [2.05, 4.69) is 22.1 Å². The van der Waals surface area contributed by atoms with Gasteiger partial charge in [0.15, 0.2) is 0 Å². The molecule has 1 aromatic heterocycles. The Morgan fingerprint density at radius 2 is 1.67 bits per heavy atom. The van der Waals surface area contributed by atoms with Gasteiger partial charge in [-0.1, -0.05) is 12.1 Å². The zero-order valence-electron chi connectivity index (χ0n) is 22.8. The lowest BCUT2D eigenvalue weighted by molar-refractivity contribution is -0.139. The Labute approximate surface area is 228 Å². The van der Waals surface area contributed by atoms with E-state index in [1.807, 2.05) is 24.3 Å². The van der Waals surface area contributed by atoms with E-state index in [1.54, 1.807) is 17.2 Å². The number of rotatable bonds is 7. The lowest BCUT2D eigenvalue weighted by atomic mass is 9.91. The second-order valence-electron chi connectivity index (χ2n) is 11.2. The Morgan fingerprint density at radius 3 is 2.26 bits per heavy atom. The van der Waals surface area contributed by atoms with Crippen molar-refractivity contribution in [1.29, 1.82) is 0 Å². The molecule has 3 amide bonds. The van der Waals surface area contributed by atoms with Gasteiger partial charge < -0.3 is 31.3 Å². The number of hydrogen-bond donors (Lipinski definition) is 4. The van der Waals surface area contributed by atoms with Crippen molar-refractivity contribution in [3.8, 4) is 5.69 Å². The van der Waals surface area contributed by atoms with E-state index in [0.29, 0.717) is 31.9 Å². The van der Waals surface area contributed by atoms with Crippen LogP contribution >= 0.6 is 0 Å². The number of urea groups is 1. The Morgan fingerprint density at radius 1 is 1.05 bits per heavy atom. The molecule has 0 unspecified atom stereocenters. The molecule has 2 aliphatic heterocycles. The number of nitrogens with two attached hydrogens (primary N) is 2. The number of nitrogens with one attached hydrogen (secondary N) is 1. The topological polar surface area (TPSA) is 163 Å². The number of amides is 3. The fourth-order valence-corrected chi connectivity index (χ4v) is 4.80. The summed E-state index contributed by atoms with van der Waals surface area (Å²) < 4.78 is 1.43. The van der Waals surface area contributed by atoms with Gasteiger partial charge in [0.2, 0.25) is 5.91 Å². The first-order valence-electron chi connectivity index (χ1n) is 13.4. The van der Waals surface area contributed by atoms with Crippen molar-refractivity contribution >= 4 is 17.8 Å². The quantitative estimate of drug-likeness (QED) is 0.381. The molecule has 2 saturated heterocycles. The molecule has 0 aliphatic carbocycles. The molecule has 2 fully saturated rings. The van der Waals surface area contributed by atoms with Crippen molar-refractivity contribution in [3.05, 3.63) is 52.6 Å². The third kappa shape index (κ3) is 7.21. The van der Waals surface area contributed by atoms with E-state index in [4.69, 9.17) is 11.5 Å². The number of likely N-dealkylation sites (tertiary alicyclic amines) is 1. The van der Waals surface area contributed by atoms with Gasteiger partial charge in [0, 0.05) is 44.5 Å². The van der Waals surface area contributed by atoms with E-state index in [-0.39, 0.29) is 17.3 Å². The van der Waals surface area contributed by atoms with E-state index < -0.39 is 23.9 Å². The standard InChI is InChI=1S/C27H40N8O4/c1-26(28)9-13-32(14-10-26)11-7-20-3-5-21(6-4-20)35-12-8-22(31-25(35)39)30-24(38)34-17-15-33(16-18-34)23(37)27(2,29)19-36/h3-6,8,12,36H,7,9-11,13-19,28-29H2,1-2H3,(H,30,31,38,39)/t27-/m0/s1. The zero-order valence-corrected chi connectivity index (χ0v) is 22.8. The predicted octanol–water partition coefficient (Wildman–Crippen LogP) is -0.0260. The highest BCUT2D eigenvalue weighted by molar-refractivity contribution is 5.89. The third-order valence-corrected chi connectivity index (χ3v) is 7.64. The number of benzene rings is 1. The molecular formula is C27H40N8O4. The van der Waals surface area contributed by atoms with Crippen molar-refractivity contribution in [1.82, 2.24) is 24.3 Å². The van der Waals surface area contributed by atoms with Crippen LogP contribution in [0.2, 0.25) is 0 Å². The van der Waals surface area contributed by atoms with Gasteiger partial charge in [0.25, 0.3) is 0 Å². The monoisotopic (exact) mass is 540 g/mol. The summed E-state index contributed by atoms with van der Waals surface area (Å²) in [7, 11) is 0. The Kier molecular flexibility index (Phi) is 8.70. The molecule has 0 bridgehead atoms. The van der Waals surface area contributed by atoms with E-state index in [1.165, 1.54) is 22.0 Å². The molecule has 2 aliphatic rings. The van der Waals surface area contributed by atoms with Crippen LogP contribution in [0.25, 0.3) is 5.69 Å². The molecule has 12 heteroatoms. The lowest BCUT2D eigenvalue weighted by Crippen LogP contribution is -2.60. The molecule has 4 rings (SSSR count). The number of nitrogens with zero attached hydrogens (tertiary/aromatic N) is 5. The number of aliphatic hydroxyl groups excluding tert-OH is 1. The number of piperazine rings is 1. The van der Waals surface area contributed by atoms with Crippen LogP contribution < -0.4 is 22.5 Å². The van der Waals surface area contributed by atoms with Crippen LogP contribution in [-0.2, 0) is 11.2 Å². The maximum atomic E-state index is 12.7. The molecular weight excluding hydrogens is 500 g/mol. The molecule has 3 heterocycles. The van der Waals surface area contributed by atoms with Crippen LogP contribution in [0.3, 0.4) is 0 Å².